The monoisotopic (exact) mass is 132 g/mol. The Kier molecular flexibility index (Phi) is 4.26. The zero-order chi connectivity index (χ0) is 7.28. The highest BCUT2D eigenvalue weighted by Crippen LogP contribution is 2.01. The largest absolute Gasteiger partial charge is 0.394 e. The van der Waals surface area contributed by atoms with Crippen LogP contribution in [0, 0.1) is 5.92 Å². The molecular formula is C6H12O3. The van der Waals surface area contributed by atoms with E-state index in [4.69, 9.17) is 10.2 Å². The Balaban J connectivity index is 3.33. The van der Waals surface area contributed by atoms with Crippen molar-refractivity contribution in [2.75, 3.05) is 6.61 Å². The summed E-state index contributed by atoms with van der Waals surface area (Å²) in [5, 5.41) is 17.1. The van der Waals surface area contributed by atoms with Crippen molar-refractivity contribution in [3.63, 3.8) is 0 Å². The van der Waals surface area contributed by atoms with Crippen molar-refractivity contribution < 1.29 is 15.0 Å². The van der Waals surface area contributed by atoms with Crippen molar-refractivity contribution in [2.24, 2.45) is 5.92 Å². The van der Waals surface area contributed by atoms with Crippen LogP contribution >= 0.6 is 0 Å². The minimum Gasteiger partial charge on any atom is -0.394 e. The molecular weight excluding hydrogens is 120 g/mol. The van der Waals surface area contributed by atoms with Gasteiger partial charge in [0.15, 0.2) is 0 Å². The molecule has 2 unspecified atom stereocenters. The molecule has 0 saturated carbocycles. The number of hydrogen-bond acceptors (Lipinski definition) is 3. The van der Waals surface area contributed by atoms with Crippen LogP contribution in [-0.4, -0.2) is 29.2 Å². The maximum atomic E-state index is 9.96. The van der Waals surface area contributed by atoms with E-state index in [1.54, 1.807) is 6.92 Å². The molecule has 0 aromatic rings. The Morgan fingerprint density at radius 1 is 1.67 bits per heavy atom. The standard InChI is InChI=1S/C6H12O3/c1-5(3-7)2-6(9)4-8/h3,5-6,8-9H,2,4H2,1H3. The Labute approximate surface area is 54.3 Å². The molecule has 54 valence electrons. The van der Waals surface area contributed by atoms with Gasteiger partial charge in [0.05, 0.1) is 12.7 Å². The zero-order valence-electron chi connectivity index (χ0n) is 5.45. The fourth-order valence-electron chi connectivity index (χ4n) is 0.559. The quantitative estimate of drug-likeness (QED) is 0.510. The van der Waals surface area contributed by atoms with Gasteiger partial charge in [0.25, 0.3) is 0 Å². The average Bonchev–Trinajstić information content (AvgIpc) is 1.87. The molecule has 9 heavy (non-hydrogen) atoms. The molecule has 0 aliphatic carbocycles. The molecule has 0 rings (SSSR count). The van der Waals surface area contributed by atoms with Crippen LogP contribution in [0.5, 0.6) is 0 Å². The minimum atomic E-state index is -0.745. The number of rotatable bonds is 4. The van der Waals surface area contributed by atoms with Crippen LogP contribution < -0.4 is 0 Å². The first kappa shape index (κ1) is 8.59. The normalized spacial score (nSPS) is 16.8. The van der Waals surface area contributed by atoms with Crippen molar-refractivity contribution in [3.05, 3.63) is 0 Å². The topological polar surface area (TPSA) is 57.5 Å². The third-order valence-electron chi connectivity index (χ3n) is 1.09. The summed E-state index contributed by atoms with van der Waals surface area (Å²) < 4.78 is 0. The molecule has 3 nitrogen and oxygen atoms in total. The van der Waals surface area contributed by atoms with Gasteiger partial charge in [0.1, 0.15) is 6.29 Å². The van der Waals surface area contributed by atoms with Crippen LogP contribution in [0.15, 0.2) is 0 Å². The summed E-state index contributed by atoms with van der Waals surface area (Å²) in [5.74, 6) is -0.160. The number of carbonyl (C=O) groups excluding carboxylic acids is 1. The van der Waals surface area contributed by atoms with Crippen LogP contribution in [0.3, 0.4) is 0 Å². The molecule has 2 N–H and O–H groups in total. The lowest BCUT2D eigenvalue weighted by molar-refractivity contribution is -0.111. The SMILES string of the molecule is CC(C=O)CC(O)CO. The number of aldehydes is 1. The number of aliphatic hydroxyl groups is 2. The van der Waals surface area contributed by atoms with Crippen LogP contribution in [0.25, 0.3) is 0 Å². The summed E-state index contributed by atoms with van der Waals surface area (Å²) in [5.41, 5.74) is 0. The second-order valence-corrected chi connectivity index (χ2v) is 2.19. The van der Waals surface area contributed by atoms with Gasteiger partial charge in [0, 0.05) is 5.92 Å². The highest BCUT2D eigenvalue weighted by atomic mass is 16.3. The van der Waals surface area contributed by atoms with Crippen LogP contribution in [0.2, 0.25) is 0 Å². The molecule has 0 aromatic carbocycles. The Morgan fingerprint density at radius 2 is 2.22 bits per heavy atom. The van der Waals surface area contributed by atoms with E-state index < -0.39 is 6.10 Å². The average molecular weight is 132 g/mol. The van der Waals surface area contributed by atoms with E-state index in [-0.39, 0.29) is 12.5 Å². The van der Waals surface area contributed by atoms with Gasteiger partial charge in [-0.05, 0) is 6.42 Å². The van der Waals surface area contributed by atoms with Crippen LogP contribution in [0.4, 0.5) is 0 Å². The van der Waals surface area contributed by atoms with E-state index in [0.29, 0.717) is 6.42 Å². The van der Waals surface area contributed by atoms with Gasteiger partial charge in [0.2, 0.25) is 0 Å². The third-order valence-corrected chi connectivity index (χ3v) is 1.09. The van der Waals surface area contributed by atoms with Crippen molar-refractivity contribution >= 4 is 6.29 Å². The summed E-state index contributed by atoms with van der Waals surface area (Å²) >= 11 is 0. The minimum absolute atomic E-state index is 0.160. The smallest absolute Gasteiger partial charge is 0.122 e. The first-order valence-corrected chi connectivity index (χ1v) is 2.95. The first-order valence-electron chi connectivity index (χ1n) is 2.95. The van der Waals surface area contributed by atoms with Gasteiger partial charge in [-0.15, -0.1) is 0 Å². The van der Waals surface area contributed by atoms with Gasteiger partial charge in [-0.2, -0.15) is 0 Å². The van der Waals surface area contributed by atoms with Crippen LogP contribution in [-0.2, 0) is 4.79 Å². The van der Waals surface area contributed by atoms with Gasteiger partial charge in [-0.1, -0.05) is 6.92 Å². The van der Waals surface area contributed by atoms with Crippen LogP contribution in [0.1, 0.15) is 13.3 Å². The summed E-state index contributed by atoms with van der Waals surface area (Å²) in [4.78, 5) is 9.96. The van der Waals surface area contributed by atoms with Gasteiger partial charge in [-0.25, -0.2) is 0 Å². The number of hydrogen-bond donors (Lipinski definition) is 2. The fraction of sp³-hybridized carbons (Fsp3) is 0.833. The van der Waals surface area contributed by atoms with E-state index in [1.165, 1.54) is 0 Å². The molecule has 0 fully saturated rings. The lowest BCUT2D eigenvalue weighted by Gasteiger charge is -2.07. The molecule has 0 saturated heterocycles. The van der Waals surface area contributed by atoms with Gasteiger partial charge in [-0.3, -0.25) is 0 Å². The second-order valence-electron chi connectivity index (χ2n) is 2.19. The molecule has 0 radical (unpaired) electrons. The van der Waals surface area contributed by atoms with Crippen molar-refractivity contribution in [2.45, 2.75) is 19.4 Å². The maximum absolute atomic E-state index is 9.96. The van der Waals surface area contributed by atoms with Crippen molar-refractivity contribution in [1.29, 1.82) is 0 Å². The van der Waals surface area contributed by atoms with E-state index in [2.05, 4.69) is 0 Å². The third kappa shape index (κ3) is 4.12. The summed E-state index contributed by atoms with van der Waals surface area (Å²) in [6, 6.07) is 0. The summed E-state index contributed by atoms with van der Waals surface area (Å²) in [7, 11) is 0. The Morgan fingerprint density at radius 3 is 2.56 bits per heavy atom. The molecule has 3 heteroatoms. The van der Waals surface area contributed by atoms with E-state index in [9.17, 15) is 4.79 Å². The Bertz CT molecular complexity index is 82.4. The predicted octanol–water partition coefficient (Wildman–Crippen LogP) is -0.435. The summed E-state index contributed by atoms with van der Waals surface area (Å²) in [6.07, 6.45) is 0.365. The lowest BCUT2D eigenvalue weighted by atomic mass is 10.1. The van der Waals surface area contributed by atoms with E-state index in [0.717, 1.165) is 6.29 Å². The maximum Gasteiger partial charge on any atom is 0.122 e. The molecule has 0 aliphatic rings. The fourth-order valence-corrected chi connectivity index (χ4v) is 0.559. The van der Waals surface area contributed by atoms with E-state index >= 15 is 0 Å². The number of carbonyl (C=O) groups is 1. The molecule has 0 heterocycles. The number of aliphatic hydroxyl groups excluding tert-OH is 2. The van der Waals surface area contributed by atoms with Crippen molar-refractivity contribution in [1.82, 2.24) is 0 Å². The van der Waals surface area contributed by atoms with Crippen molar-refractivity contribution in [3.8, 4) is 0 Å². The molecule has 2 atom stereocenters. The van der Waals surface area contributed by atoms with Gasteiger partial charge < -0.3 is 15.0 Å². The molecule has 0 aromatic heterocycles. The first-order chi connectivity index (χ1) is 4.20. The highest BCUT2D eigenvalue weighted by Gasteiger charge is 2.06. The zero-order valence-corrected chi connectivity index (χ0v) is 5.45. The molecule has 0 amide bonds. The highest BCUT2D eigenvalue weighted by molar-refractivity contribution is 5.52. The van der Waals surface area contributed by atoms with E-state index in [1.807, 2.05) is 0 Å². The molecule has 0 spiro atoms. The van der Waals surface area contributed by atoms with Gasteiger partial charge >= 0.3 is 0 Å². The second kappa shape index (κ2) is 4.47. The Hall–Kier alpha value is -0.410. The molecule has 0 aliphatic heterocycles. The molecule has 0 bridgehead atoms. The summed E-state index contributed by atoms with van der Waals surface area (Å²) in [6.45, 7) is 1.43. The lowest BCUT2D eigenvalue weighted by Crippen LogP contribution is -2.16. The predicted molar refractivity (Wildman–Crippen MR) is 32.9 cm³/mol.